The van der Waals surface area contributed by atoms with Crippen molar-refractivity contribution >= 4 is 15.7 Å². The summed E-state index contributed by atoms with van der Waals surface area (Å²) in [4.78, 5) is 12.0. The van der Waals surface area contributed by atoms with Crippen LogP contribution < -0.4 is 11.1 Å². The smallest absolute Gasteiger partial charge is 0.224 e. The van der Waals surface area contributed by atoms with E-state index in [9.17, 15) is 13.2 Å². The fourth-order valence-electron chi connectivity index (χ4n) is 2.47. The molecule has 0 aromatic rings. The number of nitrogens with two attached hydrogens (primary N) is 1. The SMILES string of the molecule is CC(C)(C)CC(CN)C(=O)NCC1CCCS1(=O)=O. The first-order chi connectivity index (χ1) is 8.65. The molecule has 2 atom stereocenters. The molecular formula is C13H26N2O3S. The molecule has 0 aliphatic carbocycles. The van der Waals surface area contributed by atoms with Crippen molar-refractivity contribution in [1.82, 2.24) is 5.32 Å². The van der Waals surface area contributed by atoms with Gasteiger partial charge in [-0.05, 0) is 24.7 Å². The van der Waals surface area contributed by atoms with E-state index in [1.165, 1.54) is 0 Å². The zero-order chi connectivity index (χ0) is 14.7. The highest BCUT2D eigenvalue weighted by molar-refractivity contribution is 7.92. The molecule has 0 saturated carbocycles. The fraction of sp³-hybridized carbons (Fsp3) is 0.923. The monoisotopic (exact) mass is 290 g/mol. The third kappa shape index (κ3) is 5.10. The van der Waals surface area contributed by atoms with Gasteiger partial charge in [0.25, 0.3) is 0 Å². The van der Waals surface area contributed by atoms with E-state index < -0.39 is 15.1 Å². The number of amides is 1. The van der Waals surface area contributed by atoms with Crippen LogP contribution in [0.1, 0.15) is 40.0 Å². The third-order valence-electron chi connectivity index (χ3n) is 3.48. The van der Waals surface area contributed by atoms with Gasteiger partial charge in [-0.1, -0.05) is 20.8 Å². The van der Waals surface area contributed by atoms with Crippen LogP contribution in [0.3, 0.4) is 0 Å². The average molecular weight is 290 g/mol. The maximum atomic E-state index is 12.0. The van der Waals surface area contributed by atoms with E-state index in [1.54, 1.807) is 0 Å². The Morgan fingerprint density at radius 1 is 1.42 bits per heavy atom. The summed E-state index contributed by atoms with van der Waals surface area (Å²) in [5.74, 6) is -0.126. The minimum absolute atomic E-state index is 0.0286. The standard InChI is InChI=1S/C13H26N2O3S/c1-13(2,3)7-10(8-14)12(16)15-9-11-5-4-6-19(11,17)18/h10-11H,4-9,14H2,1-3H3,(H,15,16). The predicted molar refractivity (Wildman–Crippen MR) is 76.4 cm³/mol. The quantitative estimate of drug-likeness (QED) is 0.779. The summed E-state index contributed by atoms with van der Waals surface area (Å²) in [7, 11) is -3.00. The highest BCUT2D eigenvalue weighted by atomic mass is 32.2. The van der Waals surface area contributed by atoms with Gasteiger partial charge in [0.05, 0.1) is 16.9 Å². The molecule has 0 radical (unpaired) electrons. The summed E-state index contributed by atoms with van der Waals surface area (Å²) >= 11 is 0. The Kier molecular flexibility index (Phi) is 5.38. The minimum atomic E-state index is -3.00. The van der Waals surface area contributed by atoms with Crippen molar-refractivity contribution in [2.45, 2.75) is 45.3 Å². The largest absolute Gasteiger partial charge is 0.355 e. The topological polar surface area (TPSA) is 89.3 Å². The molecule has 6 heteroatoms. The number of sulfone groups is 1. The lowest BCUT2D eigenvalue weighted by Gasteiger charge is -2.24. The van der Waals surface area contributed by atoms with Crippen LogP contribution in [0, 0.1) is 11.3 Å². The lowest BCUT2D eigenvalue weighted by Crippen LogP contribution is -2.41. The first-order valence-electron chi connectivity index (χ1n) is 6.85. The molecule has 1 amide bonds. The normalized spacial score (nSPS) is 24.1. The second kappa shape index (κ2) is 6.22. The van der Waals surface area contributed by atoms with E-state index in [0.717, 1.165) is 0 Å². The Labute approximate surface area is 116 Å². The summed E-state index contributed by atoms with van der Waals surface area (Å²) < 4.78 is 23.3. The molecule has 2 unspecified atom stereocenters. The fourth-order valence-corrected chi connectivity index (χ4v) is 4.23. The van der Waals surface area contributed by atoms with E-state index in [2.05, 4.69) is 26.1 Å². The van der Waals surface area contributed by atoms with Crippen LogP contribution in [0.15, 0.2) is 0 Å². The van der Waals surface area contributed by atoms with Gasteiger partial charge in [-0.2, -0.15) is 0 Å². The van der Waals surface area contributed by atoms with Gasteiger partial charge >= 0.3 is 0 Å². The van der Waals surface area contributed by atoms with E-state index in [-0.39, 0.29) is 29.5 Å². The van der Waals surface area contributed by atoms with Gasteiger partial charge in [0.1, 0.15) is 0 Å². The number of hydrogen-bond donors (Lipinski definition) is 2. The molecule has 19 heavy (non-hydrogen) atoms. The second-order valence-corrected chi connectivity index (χ2v) is 8.97. The highest BCUT2D eigenvalue weighted by Crippen LogP contribution is 2.24. The summed E-state index contributed by atoms with van der Waals surface area (Å²) in [6.45, 7) is 6.70. The number of carbonyl (C=O) groups is 1. The Balaban J connectivity index is 2.50. The Bertz CT molecular complexity index is 412. The maximum absolute atomic E-state index is 12.0. The molecule has 1 rings (SSSR count). The predicted octanol–water partition coefficient (Wildman–Crippen LogP) is 0.691. The van der Waals surface area contributed by atoms with Gasteiger partial charge in [-0.15, -0.1) is 0 Å². The van der Waals surface area contributed by atoms with E-state index >= 15 is 0 Å². The van der Waals surface area contributed by atoms with Gasteiger partial charge in [-0.3, -0.25) is 4.79 Å². The second-order valence-electron chi connectivity index (χ2n) is 6.57. The van der Waals surface area contributed by atoms with Crippen LogP contribution in [-0.4, -0.2) is 38.4 Å². The first kappa shape index (κ1) is 16.4. The van der Waals surface area contributed by atoms with Crippen LogP contribution in [0.25, 0.3) is 0 Å². The van der Waals surface area contributed by atoms with E-state index in [4.69, 9.17) is 5.73 Å². The molecule has 1 saturated heterocycles. The van der Waals surface area contributed by atoms with Crippen molar-refractivity contribution in [2.75, 3.05) is 18.8 Å². The highest BCUT2D eigenvalue weighted by Gasteiger charge is 2.32. The minimum Gasteiger partial charge on any atom is -0.355 e. The number of nitrogens with one attached hydrogen (secondary N) is 1. The number of rotatable bonds is 5. The van der Waals surface area contributed by atoms with Crippen molar-refractivity contribution in [3.05, 3.63) is 0 Å². The lowest BCUT2D eigenvalue weighted by molar-refractivity contribution is -0.125. The molecule has 1 aliphatic rings. The van der Waals surface area contributed by atoms with Crippen LogP contribution in [0.4, 0.5) is 0 Å². The molecule has 5 nitrogen and oxygen atoms in total. The molecule has 0 aromatic carbocycles. The molecule has 0 spiro atoms. The van der Waals surface area contributed by atoms with Crippen molar-refractivity contribution in [2.24, 2.45) is 17.1 Å². The lowest BCUT2D eigenvalue weighted by atomic mass is 9.84. The number of hydrogen-bond acceptors (Lipinski definition) is 4. The summed E-state index contributed by atoms with van der Waals surface area (Å²) in [5.41, 5.74) is 5.67. The van der Waals surface area contributed by atoms with Crippen molar-refractivity contribution in [3.63, 3.8) is 0 Å². The van der Waals surface area contributed by atoms with Gasteiger partial charge in [0.2, 0.25) is 5.91 Å². The van der Waals surface area contributed by atoms with Crippen LogP contribution in [-0.2, 0) is 14.6 Å². The molecule has 1 aliphatic heterocycles. The molecule has 1 heterocycles. The Morgan fingerprint density at radius 2 is 2.05 bits per heavy atom. The number of carbonyl (C=O) groups excluding carboxylic acids is 1. The summed E-state index contributed by atoms with van der Waals surface area (Å²) in [6, 6.07) is 0. The first-order valence-corrected chi connectivity index (χ1v) is 8.56. The molecular weight excluding hydrogens is 264 g/mol. The molecule has 1 fully saturated rings. The zero-order valence-corrected chi connectivity index (χ0v) is 12.9. The van der Waals surface area contributed by atoms with Crippen LogP contribution >= 0.6 is 0 Å². The van der Waals surface area contributed by atoms with Crippen molar-refractivity contribution < 1.29 is 13.2 Å². The summed E-state index contributed by atoms with van der Waals surface area (Å²) in [5, 5.41) is 2.34. The summed E-state index contributed by atoms with van der Waals surface area (Å²) in [6.07, 6.45) is 2.05. The van der Waals surface area contributed by atoms with Gasteiger partial charge in [-0.25, -0.2) is 8.42 Å². The zero-order valence-electron chi connectivity index (χ0n) is 12.1. The van der Waals surface area contributed by atoms with Gasteiger partial charge < -0.3 is 11.1 Å². The third-order valence-corrected chi connectivity index (χ3v) is 5.76. The average Bonchev–Trinajstić information content (AvgIpc) is 2.61. The van der Waals surface area contributed by atoms with Crippen LogP contribution in [0.5, 0.6) is 0 Å². The molecule has 0 bridgehead atoms. The Hall–Kier alpha value is -0.620. The molecule has 112 valence electrons. The van der Waals surface area contributed by atoms with Gasteiger partial charge in [0.15, 0.2) is 9.84 Å². The van der Waals surface area contributed by atoms with Gasteiger partial charge in [0, 0.05) is 13.1 Å². The van der Waals surface area contributed by atoms with Crippen LogP contribution in [0.2, 0.25) is 0 Å². The van der Waals surface area contributed by atoms with E-state index in [0.29, 0.717) is 25.8 Å². The molecule has 0 aromatic heterocycles. The Morgan fingerprint density at radius 3 is 2.47 bits per heavy atom. The van der Waals surface area contributed by atoms with Crippen molar-refractivity contribution in [1.29, 1.82) is 0 Å². The molecule has 3 N–H and O–H groups in total. The van der Waals surface area contributed by atoms with Crippen molar-refractivity contribution in [3.8, 4) is 0 Å². The van der Waals surface area contributed by atoms with E-state index in [1.807, 2.05) is 0 Å². The maximum Gasteiger partial charge on any atom is 0.224 e.